The molecule has 2 heterocycles. The summed E-state index contributed by atoms with van der Waals surface area (Å²) in [5, 5.41) is 7.22. The van der Waals surface area contributed by atoms with Crippen LogP contribution in [0.4, 0.5) is 13.2 Å². The van der Waals surface area contributed by atoms with Crippen LogP contribution in [0.3, 0.4) is 0 Å². The number of carbonyl (C=O) groups excluding carboxylic acids is 1. The van der Waals surface area contributed by atoms with Crippen LogP contribution in [0.15, 0.2) is 36.5 Å². The fraction of sp³-hybridized carbons (Fsp3) is 0.375. The van der Waals surface area contributed by atoms with Crippen LogP contribution < -0.4 is 5.32 Å². The van der Waals surface area contributed by atoms with Gasteiger partial charge in [-0.1, -0.05) is 23.7 Å². The van der Waals surface area contributed by atoms with Crippen LogP contribution in [0.2, 0.25) is 5.02 Å². The number of benzene rings is 1. The first-order valence-electron chi connectivity index (χ1n) is 7.71. The molecular formula is C16H17Cl2F3N4O. The molecule has 10 heteroatoms. The Morgan fingerprint density at radius 1 is 1.35 bits per heavy atom. The highest BCUT2D eigenvalue weighted by Gasteiger charge is 2.34. The second kappa shape index (κ2) is 8.28. The predicted octanol–water partition coefficient (Wildman–Crippen LogP) is 3.15. The summed E-state index contributed by atoms with van der Waals surface area (Å²) in [6.45, 7) is 1.39. The molecule has 1 N–H and O–H groups in total. The molecule has 5 nitrogen and oxygen atoms in total. The van der Waals surface area contributed by atoms with Crippen molar-refractivity contribution in [3.05, 3.63) is 52.8 Å². The molecule has 1 aliphatic heterocycles. The maximum absolute atomic E-state index is 12.6. The first-order valence-corrected chi connectivity index (χ1v) is 8.09. The summed E-state index contributed by atoms with van der Waals surface area (Å²) in [5.74, 6) is -0.289. The smallest absolute Gasteiger partial charge is 0.331 e. The molecule has 142 valence electrons. The first-order chi connectivity index (χ1) is 11.8. The number of amides is 1. The molecule has 1 amide bonds. The Kier molecular flexibility index (Phi) is 6.54. The molecule has 26 heavy (non-hydrogen) atoms. The SMILES string of the molecule is Cl.O=C(Cn1ccc(C(F)(F)F)n1)N1CCNCC1c1cccc(Cl)c1. The van der Waals surface area contributed by atoms with Crippen LogP contribution in [0.25, 0.3) is 0 Å². The lowest BCUT2D eigenvalue weighted by molar-refractivity contribution is -0.142. The highest BCUT2D eigenvalue weighted by molar-refractivity contribution is 6.30. The highest BCUT2D eigenvalue weighted by Crippen LogP contribution is 2.28. The number of nitrogens with zero attached hydrogens (tertiary/aromatic N) is 3. The van der Waals surface area contributed by atoms with Crippen LogP contribution in [-0.4, -0.2) is 40.2 Å². The molecule has 1 atom stereocenters. The molecule has 0 saturated carbocycles. The van der Waals surface area contributed by atoms with Crippen molar-refractivity contribution in [1.82, 2.24) is 20.0 Å². The summed E-state index contributed by atoms with van der Waals surface area (Å²) in [7, 11) is 0. The third-order valence-electron chi connectivity index (χ3n) is 4.03. The highest BCUT2D eigenvalue weighted by atomic mass is 35.5. The van der Waals surface area contributed by atoms with Crippen molar-refractivity contribution in [2.75, 3.05) is 19.6 Å². The lowest BCUT2D eigenvalue weighted by Crippen LogP contribution is -2.49. The van der Waals surface area contributed by atoms with Gasteiger partial charge in [0.25, 0.3) is 0 Å². The molecule has 0 radical (unpaired) electrons. The average molecular weight is 409 g/mol. The number of piperazine rings is 1. The standard InChI is InChI=1S/C16H16ClF3N4O.ClH/c17-12-3-1-2-11(8-12)13-9-21-5-7-24(13)15(25)10-23-6-4-14(22-23)16(18,19)20;/h1-4,6,8,13,21H,5,7,9-10H2;1H. The van der Waals surface area contributed by atoms with Crippen molar-refractivity contribution in [2.45, 2.75) is 18.8 Å². The third kappa shape index (κ3) is 4.69. The molecule has 1 saturated heterocycles. The molecule has 0 spiro atoms. The zero-order chi connectivity index (χ0) is 18.0. The number of hydrogen-bond donors (Lipinski definition) is 1. The van der Waals surface area contributed by atoms with Gasteiger partial charge in [-0.3, -0.25) is 9.48 Å². The predicted molar refractivity (Wildman–Crippen MR) is 93.3 cm³/mol. The second-order valence-electron chi connectivity index (χ2n) is 5.76. The van der Waals surface area contributed by atoms with Gasteiger partial charge in [-0.2, -0.15) is 18.3 Å². The Balaban J connectivity index is 0.00000243. The van der Waals surface area contributed by atoms with Gasteiger partial charge in [0.2, 0.25) is 5.91 Å². The number of nitrogens with one attached hydrogen (secondary N) is 1. The average Bonchev–Trinajstić information content (AvgIpc) is 3.03. The van der Waals surface area contributed by atoms with Crippen molar-refractivity contribution in [3.8, 4) is 0 Å². The number of hydrogen-bond acceptors (Lipinski definition) is 3. The number of aromatic nitrogens is 2. The van der Waals surface area contributed by atoms with E-state index < -0.39 is 11.9 Å². The quantitative estimate of drug-likeness (QED) is 0.848. The number of carbonyl (C=O) groups is 1. The van der Waals surface area contributed by atoms with Gasteiger partial charge in [-0.25, -0.2) is 0 Å². The van der Waals surface area contributed by atoms with E-state index in [1.807, 2.05) is 6.07 Å². The van der Waals surface area contributed by atoms with Crippen LogP contribution >= 0.6 is 24.0 Å². The van der Waals surface area contributed by atoms with Crippen molar-refractivity contribution < 1.29 is 18.0 Å². The van der Waals surface area contributed by atoms with E-state index in [0.717, 1.165) is 22.5 Å². The van der Waals surface area contributed by atoms with Crippen molar-refractivity contribution in [1.29, 1.82) is 0 Å². The summed E-state index contributed by atoms with van der Waals surface area (Å²) >= 11 is 6.02. The van der Waals surface area contributed by atoms with Gasteiger partial charge in [0.1, 0.15) is 6.54 Å². The van der Waals surface area contributed by atoms with Crippen LogP contribution in [0, 0.1) is 0 Å². The van der Waals surface area contributed by atoms with E-state index >= 15 is 0 Å². The zero-order valence-electron chi connectivity index (χ0n) is 13.5. The van der Waals surface area contributed by atoms with E-state index in [0.29, 0.717) is 24.7 Å². The van der Waals surface area contributed by atoms with Crippen LogP contribution in [-0.2, 0) is 17.5 Å². The third-order valence-corrected chi connectivity index (χ3v) is 4.26. The summed E-state index contributed by atoms with van der Waals surface area (Å²) < 4.78 is 38.9. The second-order valence-corrected chi connectivity index (χ2v) is 6.19. The fourth-order valence-corrected chi connectivity index (χ4v) is 3.04. The minimum absolute atomic E-state index is 0. The van der Waals surface area contributed by atoms with Gasteiger partial charge in [0.15, 0.2) is 5.69 Å². The molecule has 3 rings (SSSR count). The maximum Gasteiger partial charge on any atom is 0.435 e. The Morgan fingerprint density at radius 3 is 2.77 bits per heavy atom. The van der Waals surface area contributed by atoms with Crippen LogP contribution in [0.1, 0.15) is 17.3 Å². The molecule has 0 aliphatic carbocycles. The monoisotopic (exact) mass is 408 g/mol. The number of rotatable bonds is 3. The van der Waals surface area contributed by atoms with E-state index in [2.05, 4.69) is 10.4 Å². The number of halogens is 5. The Labute approximate surface area is 159 Å². The summed E-state index contributed by atoms with van der Waals surface area (Å²) in [4.78, 5) is 14.3. The molecule has 1 aromatic heterocycles. The van der Waals surface area contributed by atoms with Gasteiger partial charge < -0.3 is 10.2 Å². The topological polar surface area (TPSA) is 50.2 Å². The fourth-order valence-electron chi connectivity index (χ4n) is 2.84. The van der Waals surface area contributed by atoms with E-state index in [9.17, 15) is 18.0 Å². The van der Waals surface area contributed by atoms with E-state index in [-0.39, 0.29) is 30.9 Å². The van der Waals surface area contributed by atoms with Crippen molar-refractivity contribution >= 4 is 29.9 Å². The van der Waals surface area contributed by atoms with Gasteiger partial charge in [-0.15, -0.1) is 12.4 Å². The van der Waals surface area contributed by atoms with E-state index in [1.165, 1.54) is 0 Å². The molecule has 1 unspecified atom stereocenters. The van der Waals surface area contributed by atoms with Crippen molar-refractivity contribution in [3.63, 3.8) is 0 Å². The molecule has 0 bridgehead atoms. The zero-order valence-corrected chi connectivity index (χ0v) is 15.1. The summed E-state index contributed by atoms with van der Waals surface area (Å²) in [6, 6.07) is 7.85. The molecule has 1 aromatic carbocycles. The Hall–Kier alpha value is -1.77. The largest absolute Gasteiger partial charge is 0.435 e. The normalized spacial score (nSPS) is 17.7. The van der Waals surface area contributed by atoms with E-state index in [4.69, 9.17) is 11.6 Å². The molecule has 1 aliphatic rings. The molecule has 1 fully saturated rings. The van der Waals surface area contributed by atoms with Gasteiger partial charge in [0, 0.05) is 30.9 Å². The first kappa shape index (κ1) is 20.5. The van der Waals surface area contributed by atoms with Gasteiger partial charge in [0.05, 0.1) is 6.04 Å². The van der Waals surface area contributed by atoms with Crippen molar-refractivity contribution in [2.24, 2.45) is 0 Å². The van der Waals surface area contributed by atoms with Gasteiger partial charge >= 0.3 is 6.18 Å². The lowest BCUT2D eigenvalue weighted by atomic mass is 10.0. The minimum atomic E-state index is -4.52. The Morgan fingerprint density at radius 2 is 2.12 bits per heavy atom. The minimum Gasteiger partial charge on any atom is -0.331 e. The van der Waals surface area contributed by atoms with Crippen LogP contribution in [0.5, 0.6) is 0 Å². The summed E-state index contributed by atoms with van der Waals surface area (Å²) in [6.07, 6.45) is -3.36. The summed E-state index contributed by atoms with van der Waals surface area (Å²) in [5.41, 5.74) is -0.128. The Bertz CT molecular complexity index is 766. The molecule has 2 aromatic rings. The lowest BCUT2D eigenvalue weighted by Gasteiger charge is -2.36. The number of alkyl halides is 3. The van der Waals surface area contributed by atoms with E-state index in [1.54, 1.807) is 23.1 Å². The maximum atomic E-state index is 12.6. The van der Waals surface area contributed by atoms with Gasteiger partial charge in [-0.05, 0) is 23.8 Å². The molecular weight excluding hydrogens is 392 g/mol.